The lowest BCUT2D eigenvalue weighted by Crippen LogP contribution is -2.20. The Morgan fingerprint density at radius 1 is 1.14 bits per heavy atom. The molecule has 1 amide bonds. The molecule has 1 heterocycles. The van der Waals surface area contributed by atoms with E-state index in [1.54, 1.807) is 42.5 Å². The number of amides is 1. The van der Waals surface area contributed by atoms with Gasteiger partial charge in [0.25, 0.3) is 5.91 Å². The minimum absolute atomic E-state index is 0.0850. The van der Waals surface area contributed by atoms with Crippen molar-refractivity contribution >= 4 is 17.3 Å². The monoisotopic (exact) mass is 286 g/mol. The Balaban J connectivity index is 1.55. The Labute approximate surface area is 121 Å². The minimum Gasteiger partial charge on any atom is -0.484 e. The summed E-state index contributed by atoms with van der Waals surface area (Å²) in [5, 5.41) is 2.73. The standard InChI is InChI=1S/C15H14N2O4/c16-10-1-4-12(5-2-10)19-8-15(18)17-11-3-6-13-14(7-11)21-9-20-13/h1-7H,8-9,16H2,(H,17,18). The van der Waals surface area contributed by atoms with E-state index >= 15 is 0 Å². The molecule has 1 aliphatic rings. The lowest BCUT2D eigenvalue weighted by atomic mass is 10.3. The van der Waals surface area contributed by atoms with Gasteiger partial charge >= 0.3 is 0 Å². The number of rotatable bonds is 4. The zero-order valence-corrected chi connectivity index (χ0v) is 11.2. The van der Waals surface area contributed by atoms with Gasteiger partial charge in [-0.05, 0) is 36.4 Å². The van der Waals surface area contributed by atoms with Crippen molar-refractivity contribution in [3.8, 4) is 17.2 Å². The van der Waals surface area contributed by atoms with E-state index in [0.717, 1.165) is 0 Å². The predicted molar refractivity (Wildman–Crippen MR) is 77.5 cm³/mol. The third kappa shape index (κ3) is 3.17. The van der Waals surface area contributed by atoms with Crippen LogP contribution in [0.4, 0.5) is 11.4 Å². The van der Waals surface area contributed by atoms with Crippen molar-refractivity contribution in [2.45, 2.75) is 0 Å². The molecule has 2 aromatic carbocycles. The number of carbonyl (C=O) groups is 1. The number of carbonyl (C=O) groups excluding carboxylic acids is 1. The largest absolute Gasteiger partial charge is 0.484 e. The summed E-state index contributed by atoms with van der Waals surface area (Å²) in [6.45, 7) is 0.116. The van der Waals surface area contributed by atoms with Crippen molar-refractivity contribution in [2.24, 2.45) is 0 Å². The summed E-state index contributed by atoms with van der Waals surface area (Å²) >= 11 is 0. The Morgan fingerprint density at radius 2 is 1.90 bits per heavy atom. The molecule has 0 bridgehead atoms. The number of ether oxygens (including phenoxy) is 3. The van der Waals surface area contributed by atoms with Crippen molar-refractivity contribution in [1.82, 2.24) is 0 Å². The van der Waals surface area contributed by atoms with Crippen LogP contribution in [0.1, 0.15) is 0 Å². The lowest BCUT2D eigenvalue weighted by molar-refractivity contribution is -0.118. The smallest absolute Gasteiger partial charge is 0.262 e. The van der Waals surface area contributed by atoms with Crippen molar-refractivity contribution in [1.29, 1.82) is 0 Å². The fourth-order valence-corrected chi connectivity index (χ4v) is 1.88. The maximum Gasteiger partial charge on any atom is 0.262 e. The van der Waals surface area contributed by atoms with Crippen LogP contribution >= 0.6 is 0 Å². The Bertz CT molecular complexity index is 655. The minimum atomic E-state index is -0.259. The van der Waals surface area contributed by atoms with Gasteiger partial charge in [-0.25, -0.2) is 0 Å². The first-order valence-electron chi connectivity index (χ1n) is 6.38. The molecule has 21 heavy (non-hydrogen) atoms. The predicted octanol–water partition coefficient (Wildman–Crippen LogP) is 2.02. The zero-order chi connectivity index (χ0) is 14.7. The molecule has 0 atom stereocenters. The molecule has 0 aromatic heterocycles. The van der Waals surface area contributed by atoms with Crippen LogP contribution in [0, 0.1) is 0 Å². The second kappa shape index (κ2) is 5.62. The highest BCUT2D eigenvalue weighted by Gasteiger charge is 2.14. The molecule has 0 unspecified atom stereocenters. The summed E-state index contributed by atoms with van der Waals surface area (Å²) in [7, 11) is 0. The number of nitrogen functional groups attached to an aromatic ring is 1. The van der Waals surface area contributed by atoms with Crippen molar-refractivity contribution in [3.63, 3.8) is 0 Å². The maximum absolute atomic E-state index is 11.8. The third-order valence-electron chi connectivity index (χ3n) is 2.91. The lowest BCUT2D eigenvalue weighted by Gasteiger charge is -2.08. The van der Waals surface area contributed by atoms with E-state index in [0.29, 0.717) is 28.6 Å². The molecule has 1 aliphatic heterocycles. The Hall–Kier alpha value is -2.89. The van der Waals surface area contributed by atoms with Gasteiger partial charge in [0.15, 0.2) is 18.1 Å². The summed E-state index contributed by atoms with van der Waals surface area (Å²) in [6.07, 6.45) is 0. The van der Waals surface area contributed by atoms with Gasteiger partial charge in [0.2, 0.25) is 6.79 Å². The highest BCUT2D eigenvalue weighted by atomic mass is 16.7. The molecule has 0 fully saturated rings. The van der Waals surface area contributed by atoms with Crippen LogP contribution in [-0.2, 0) is 4.79 Å². The molecule has 3 rings (SSSR count). The van der Waals surface area contributed by atoms with E-state index in [-0.39, 0.29) is 19.3 Å². The van der Waals surface area contributed by atoms with E-state index in [1.165, 1.54) is 0 Å². The number of anilines is 2. The highest BCUT2D eigenvalue weighted by molar-refractivity contribution is 5.92. The average Bonchev–Trinajstić information content (AvgIpc) is 2.94. The summed E-state index contributed by atoms with van der Waals surface area (Å²) in [4.78, 5) is 11.8. The highest BCUT2D eigenvalue weighted by Crippen LogP contribution is 2.34. The van der Waals surface area contributed by atoms with Crippen molar-refractivity contribution in [2.75, 3.05) is 24.5 Å². The van der Waals surface area contributed by atoms with Crippen LogP contribution in [0.2, 0.25) is 0 Å². The van der Waals surface area contributed by atoms with Gasteiger partial charge in [-0.15, -0.1) is 0 Å². The second-order valence-corrected chi connectivity index (χ2v) is 4.47. The first-order chi connectivity index (χ1) is 10.2. The first kappa shape index (κ1) is 13.1. The number of benzene rings is 2. The van der Waals surface area contributed by atoms with Gasteiger partial charge in [-0.3, -0.25) is 4.79 Å². The number of hydrogen-bond acceptors (Lipinski definition) is 5. The molecule has 0 radical (unpaired) electrons. The molecule has 0 saturated heterocycles. The number of nitrogens with one attached hydrogen (secondary N) is 1. The number of hydrogen-bond donors (Lipinski definition) is 2. The molecule has 0 aliphatic carbocycles. The van der Waals surface area contributed by atoms with Crippen molar-refractivity contribution in [3.05, 3.63) is 42.5 Å². The van der Waals surface area contributed by atoms with Gasteiger partial charge in [0, 0.05) is 17.4 Å². The molecule has 108 valence electrons. The number of nitrogens with two attached hydrogens (primary N) is 1. The fraction of sp³-hybridized carbons (Fsp3) is 0.133. The summed E-state index contributed by atoms with van der Waals surface area (Å²) in [5.74, 6) is 1.62. The number of fused-ring (bicyclic) bond motifs is 1. The van der Waals surface area contributed by atoms with Crippen LogP contribution in [0.3, 0.4) is 0 Å². The van der Waals surface area contributed by atoms with Crippen LogP contribution in [0.15, 0.2) is 42.5 Å². The zero-order valence-electron chi connectivity index (χ0n) is 11.2. The molecule has 6 heteroatoms. The van der Waals surface area contributed by atoms with Gasteiger partial charge in [-0.2, -0.15) is 0 Å². The molecular weight excluding hydrogens is 272 g/mol. The van der Waals surface area contributed by atoms with Crippen molar-refractivity contribution < 1.29 is 19.0 Å². The topological polar surface area (TPSA) is 82.8 Å². The quantitative estimate of drug-likeness (QED) is 0.840. The van der Waals surface area contributed by atoms with E-state index in [9.17, 15) is 4.79 Å². The van der Waals surface area contributed by atoms with Gasteiger partial charge in [-0.1, -0.05) is 0 Å². The summed E-state index contributed by atoms with van der Waals surface area (Å²) in [5.41, 5.74) is 6.85. The average molecular weight is 286 g/mol. The molecular formula is C15H14N2O4. The molecule has 3 N–H and O–H groups in total. The maximum atomic E-state index is 11.8. The van der Waals surface area contributed by atoms with E-state index in [4.69, 9.17) is 19.9 Å². The first-order valence-corrected chi connectivity index (χ1v) is 6.38. The van der Waals surface area contributed by atoms with E-state index in [1.807, 2.05) is 0 Å². The molecule has 6 nitrogen and oxygen atoms in total. The van der Waals surface area contributed by atoms with Crippen LogP contribution in [0.25, 0.3) is 0 Å². The van der Waals surface area contributed by atoms with E-state index < -0.39 is 0 Å². The second-order valence-electron chi connectivity index (χ2n) is 4.47. The normalized spacial score (nSPS) is 12.0. The van der Waals surface area contributed by atoms with Gasteiger partial charge in [0.1, 0.15) is 5.75 Å². The SMILES string of the molecule is Nc1ccc(OCC(=O)Nc2ccc3c(c2)OCO3)cc1. The van der Waals surface area contributed by atoms with Crippen LogP contribution < -0.4 is 25.3 Å². The summed E-state index contributed by atoms with van der Waals surface area (Å²) < 4.78 is 15.8. The Kier molecular flexibility index (Phi) is 3.51. The summed E-state index contributed by atoms with van der Waals surface area (Å²) in [6, 6.07) is 12.1. The van der Waals surface area contributed by atoms with E-state index in [2.05, 4.69) is 5.32 Å². The van der Waals surface area contributed by atoms with Gasteiger partial charge < -0.3 is 25.3 Å². The Morgan fingerprint density at radius 3 is 2.71 bits per heavy atom. The molecule has 0 spiro atoms. The third-order valence-corrected chi connectivity index (χ3v) is 2.91. The fourth-order valence-electron chi connectivity index (χ4n) is 1.88. The molecule has 0 saturated carbocycles. The molecule has 2 aromatic rings. The van der Waals surface area contributed by atoms with Gasteiger partial charge in [0.05, 0.1) is 0 Å². The van der Waals surface area contributed by atoms with Crippen LogP contribution in [-0.4, -0.2) is 19.3 Å². The van der Waals surface area contributed by atoms with Crippen LogP contribution in [0.5, 0.6) is 17.2 Å².